The minimum absolute atomic E-state index is 0.0475. The first-order valence-corrected chi connectivity index (χ1v) is 5.89. The lowest BCUT2D eigenvalue weighted by molar-refractivity contribution is -0.127. The monoisotopic (exact) mass is 258 g/mol. The molecule has 5 N–H and O–H groups in total. The van der Waals surface area contributed by atoms with Crippen molar-refractivity contribution in [2.24, 2.45) is 11.7 Å². The van der Waals surface area contributed by atoms with Crippen LogP contribution < -0.4 is 21.7 Å². The fourth-order valence-corrected chi connectivity index (χ4v) is 0.964. The van der Waals surface area contributed by atoms with Gasteiger partial charge < -0.3 is 21.7 Å². The molecule has 0 aromatic carbocycles. The summed E-state index contributed by atoms with van der Waals surface area (Å²) in [6, 6.07) is 0.0475. The fraction of sp³-hybridized carbons (Fsp3) is 0.727. The maximum Gasteiger partial charge on any atom is 0.239 e. The topological polar surface area (TPSA) is 113 Å². The van der Waals surface area contributed by atoms with Crippen molar-refractivity contribution in [3.05, 3.63) is 0 Å². The van der Waals surface area contributed by atoms with Gasteiger partial charge in [0.15, 0.2) is 0 Å². The quantitative estimate of drug-likeness (QED) is 0.437. The van der Waals surface area contributed by atoms with Crippen molar-refractivity contribution in [3.8, 4) is 0 Å². The Bertz CT molecular complexity index is 305. The van der Waals surface area contributed by atoms with Crippen molar-refractivity contribution >= 4 is 17.7 Å². The van der Waals surface area contributed by atoms with E-state index in [-0.39, 0.29) is 31.6 Å². The molecule has 104 valence electrons. The Morgan fingerprint density at radius 1 is 0.944 bits per heavy atom. The van der Waals surface area contributed by atoms with E-state index in [0.717, 1.165) is 0 Å². The molecule has 0 rings (SSSR count). The molecule has 0 aromatic rings. The number of nitrogens with two attached hydrogens (primary N) is 1. The molecule has 1 unspecified atom stereocenters. The van der Waals surface area contributed by atoms with Crippen LogP contribution in [-0.4, -0.2) is 43.4 Å². The number of hydrogen-bond donors (Lipinski definition) is 4. The van der Waals surface area contributed by atoms with E-state index in [2.05, 4.69) is 16.0 Å². The summed E-state index contributed by atoms with van der Waals surface area (Å²) in [5.41, 5.74) is 5.06. The number of nitrogens with one attached hydrogen (secondary N) is 3. The largest absolute Gasteiger partial charge is 0.352 e. The van der Waals surface area contributed by atoms with Crippen molar-refractivity contribution in [1.82, 2.24) is 16.0 Å². The van der Waals surface area contributed by atoms with Gasteiger partial charge in [0.2, 0.25) is 17.7 Å². The molecule has 0 aliphatic heterocycles. The maximum absolute atomic E-state index is 11.4. The van der Waals surface area contributed by atoms with E-state index in [9.17, 15) is 14.4 Å². The number of rotatable bonds is 7. The third kappa shape index (κ3) is 7.61. The number of amides is 3. The smallest absolute Gasteiger partial charge is 0.239 e. The van der Waals surface area contributed by atoms with Crippen LogP contribution in [0.5, 0.6) is 0 Å². The normalized spacial score (nSPS) is 11.8. The molecule has 7 nitrogen and oxygen atoms in total. The fourth-order valence-electron chi connectivity index (χ4n) is 0.964. The predicted octanol–water partition coefficient (Wildman–Crippen LogP) is -1.66. The summed E-state index contributed by atoms with van der Waals surface area (Å²) in [5.74, 6) is -0.768. The summed E-state index contributed by atoms with van der Waals surface area (Å²) in [7, 11) is 0. The highest BCUT2D eigenvalue weighted by Crippen LogP contribution is 1.98. The first-order chi connectivity index (χ1) is 8.36. The zero-order valence-electron chi connectivity index (χ0n) is 11.1. The molecule has 3 amide bonds. The molecule has 18 heavy (non-hydrogen) atoms. The van der Waals surface area contributed by atoms with E-state index < -0.39 is 11.8 Å². The van der Waals surface area contributed by atoms with E-state index in [0.29, 0.717) is 5.92 Å². The first-order valence-electron chi connectivity index (χ1n) is 5.89. The van der Waals surface area contributed by atoms with Gasteiger partial charge in [-0.05, 0) is 12.8 Å². The van der Waals surface area contributed by atoms with Crippen LogP contribution in [0.3, 0.4) is 0 Å². The number of hydrogen-bond acceptors (Lipinski definition) is 4. The summed E-state index contributed by atoms with van der Waals surface area (Å²) >= 11 is 0. The Balaban J connectivity index is 3.78. The molecule has 0 radical (unpaired) electrons. The van der Waals surface area contributed by atoms with Crippen molar-refractivity contribution in [2.75, 3.05) is 19.6 Å². The molecule has 0 saturated heterocycles. The Hall–Kier alpha value is -1.63. The van der Waals surface area contributed by atoms with Gasteiger partial charge in [0, 0.05) is 6.04 Å². The summed E-state index contributed by atoms with van der Waals surface area (Å²) < 4.78 is 0. The minimum atomic E-state index is -0.427. The van der Waals surface area contributed by atoms with Crippen molar-refractivity contribution in [2.45, 2.75) is 26.8 Å². The summed E-state index contributed by atoms with van der Waals surface area (Å²) in [6.45, 7) is 5.43. The molecule has 0 aliphatic rings. The van der Waals surface area contributed by atoms with Gasteiger partial charge in [-0.1, -0.05) is 13.8 Å². The third-order valence-electron chi connectivity index (χ3n) is 2.47. The Morgan fingerprint density at radius 3 is 1.94 bits per heavy atom. The van der Waals surface area contributed by atoms with Crippen molar-refractivity contribution in [3.63, 3.8) is 0 Å². The molecule has 0 heterocycles. The van der Waals surface area contributed by atoms with Crippen molar-refractivity contribution in [1.29, 1.82) is 0 Å². The van der Waals surface area contributed by atoms with Crippen LogP contribution in [0.25, 0.3) is 0 Å². The lowest BCUT2D eigenvalue weighted by atomic mass is 10.1. The van der Waals surface area contributed by atoms with Crippen LogP contribution in [0, 0.1) is 5.92 Å². The molecule has 0 bridgehead atoms. The van der Waals surface area contributed by atoms with Gasteiger partial charge in [-0.25, -0.2) is 0 Å². The second-order valence-electron chi connectivity index (χ2n) is 4.36. The van der Waals surface area contributed by atoms with Gasteiger partial charge in [0.25, 0.3) is 0 Å². The molecular formula is C11H22N4O3. The molecule has 0 aromatic heterocycles. The Labute approximate surface area is 107 Å². The molecule has 1 atom stereocenters. The van der Waals surface area contributed by atoms with Crippen LogP contribution in [0.4, 0.5) is 0 Å². The van der Waals surface area contributed by atoms with Gasteiger partial charge in [-0.15, -0.1) is 0 Å². The standard InChI is InChI=1S/C11H22N4O3/c1-7(2)8(3)15-11(18)6-14-10(17)5-13-9(16)4-12/h7-8H,4-6,12H2,1-3H3,(H,13,16)(H,14,17)(H,15,18). The second kappa shape index (κ2) is 8.46. The third-order valence-corrected chi connectivity index (χ3v) is 2.47. The van der Waals surface area contributed by atoms with Gasteiger partial charge >= 0.3 is 0 Å². The summed E-state index contributed by atoms with van der Waals surface area (Å²) in [4.78, 5) is 33.4. The molecule has 0 saturated carbocycles. The summed E-state index contributed by atoms with van der Waals surface area (Å²) in [5, 5.41) is 7.46. The highest BCUT2D eigenvalue weighted by molar-refractivity contribution is 5.88. The molecule has 0 spiro atoms. The van der Waals surface area contributed by atoms with Gasteiger partial charge in [-0.3, -0.25) is 14.4 Å². The summed E-state index contributed by atoms with van der Waals surface area (Å²) in [6.07, 6.45) is 0. The lowest BCUT2D eigenvalue weighted by Gasteiger charge is -2.17. The van der Waals surface area contributed by atoms with E-state index in [1.165, 1.54) is 0 Å². The zero-order valence-corrected chi connectivity index (χ0v) is 11.1. The Morgan fingerprint density at radius 2 is 1.44 bits per heavy atom. The molecule has 0 fully saturated rings. The van der Waals surface area contributed by atoms with Crippen molar-refractivity contribution < 1.29 is 14.4 Å². The van der Waals surface area contributed by atoms with Crippen LogP contribution in [0.15, 0.2) is 0 Å². The predicted molar refractivity (Wildman–Crippen MR) is 67.5 cm³/mol. The van der Waals surface area contributed by atoms with Crippen LogP contribution in [-0.2, 0) is 14.4 Å². The molecular weight excluding hydrogens is 236 g/mol. The minimum Gasteiger partial charge on any atom is -0.352 e. The van der Waals surface area contributed by atoms with E-state index in [1.54, 1.807) is 0 Å². The number of carbonyl (C=O) groups excluding carboxylic acids is 3. The van der Waals surface area contributed by atoms with Crippen LogP contribution >= 0.6 is 0 Å². The average molecular weight is 258 g/mol. The second-order valence-corrected chi connectivity index (χ2v) is 4.36. The van der Waals surface area contributed by atoms with Gasteiger partial charge in [0.1, 0.15) is 0 Å². The molecule has 0 aliphatic carbocycles. The van der Waals surface area contributed by atoms with E-state index in [1.807, 2.05) is 20.8 Å². The average Bonchev–Trinajstić information content (AvgIpc) is 2.32. The van der Waals surface area contributed by atoms with Crippen LogP contribution in [0.1, 0.15) is 20.8 Å². The highest BCUT2D eigenvalue weighted by atomic mass is 16.2. The van der Waals surface area contributed by atoms with Crippen LogP contribution in [0.2, 0.25) is 0 Å². The zero-order chi connectivity index (χ0) is 14.1. The maximum atomic E-state index is 11.4. The van der Waals surface area contributed by atoms with E-state index >= 15 is 0 Å². The van der Waals surface area contributed by atoms with Gasteiger partial charge in [-0.2, -0.15) is 0 Å². The lowest BCUT2D eigenvalue weighted by Crippen LogP contribution is -2.45. The number of carbonyl (C=O) groups is 3. The first kappa shape index (κ1) is 16.4. The highest BCUT2D eigenvalue weighted by Gasteiger charge is 2.11. The molecule has 7 heteroatoms. The van der Waals surface area contributed by atoms with Gasteiger partial charge in [0.05, 0.1) is 19.6 Å². The SMILES string of the molecule is CC(C)C(C)NC(=O)CNC(=O)CNC(=O)CN. The Kier molecular flexibility index (Phi) is 7.69. The van der Waals surface area contributed by atoms with E-state index in [4.69, 9.17) is 5.73 Å².